The van der Waals surface area contributed by atoms with Gasteiger partial charge < -0.3 is 0 Å². The summed E-state index contributed by atoms with van der Waals surface area (Å²) in [6.45, 7) is 1.90. The number of benzene rings is 1. The van der Waals surface area contributed by atoms with E-state index in [2.05, 4.69) is 27.3 Å². The maximum atomic E-state index is 5.90. The topological polar surface area (TPSA) is 43.1 Å². The van der Waals surface area contributed by atoms with Crippen LogP contribution in [0, 0.1) is 6.92 Å². The van der Waals surface area contributed by atoms with Gasteiger partial charge in [0.1, 0.15) is 16.8 Å². The van der Waals surface area contributed by atoms with Crippen LogP contribution in [0.1, 0.15) is 17.2 Å². The molecule has 5 heteroatoms. The molecule has 0 saturated carbocycles. The Balaban J connectivity index is 2.08. The molecule has 0 aliphatic rings. The molecule has 90 valence electrons. The molecule has 0 N–H and O–H groups in total. The number of hydrogen-bond acceptors (Lipinski definition) is 3. The highest BCUT2D eigenvalue weighted by atomic mass is 35.5. The Hall–Kier alpha value is -1.94. The molecule has 2 aromatic heterocycles. The summed E-state index contributed by atoms with van der Waals surface area (Å²) >= 11 is 5.90. The van der Waals surface area contributed by atoms with Crippen molar-refractivity contribution in [1.29, 1.82) is 0 Å². The summed E-state index contributed by atoms with van der Waals surface area (Å²) in [6, 6.07) is 11.9. The van der Waals surface area contributed by atoms with E-state index in [0.29, 0.717) is 5.15 Å². The van der Waals surface area contributed by atoms with Gasteiger partial charge in [0.25, 0.3) is 0 Å². The minimum atomic E-state index is 0.443. The van der Waals surface area contributed by atoms with Gasteiger partial charge in [-0.2, -0.15) is 0 Å². The van der Waals surface area contributed by atoms with Gasteiger partial charge in [0.2, 0.25) is 0 Å². The predicted molar refractivity (Wildman–Crippen MR) is 69.8 cm³/mol. The molecule has 1 aromatic carbocycles. The van der Waals surface area contributed by atoms with Gasteiger partial charge in [-0.1, -0.05) is 41.9 Å². The zero-order chi connectivity index (χ0) is 12.5. The molecule has 4 nitrogen and oxygen atoms in total. The molecule has 3 rings (SSSR count). The molecule has 0 aliphatic heterocycles. The average Bonchev–Trinajstić information content (AvgIpc) is 2.73. The number of aryl methyl sites for hydroxylation is 1. The molecule has 0 atom stereocenters. The number of rotatable bonds is 2. The van der Waals surface area contributed by atoms with E-state index in [9.17, 15) is 0 Å². The zero-order valence-corrected chi connectivity index (χ0v) is 10.6. The highest BCUT2D eigenvalue weighted by Crippen LogP contribution is 2.14. The summed E-state index contributed by atoms with van der Waals surface area (Å²) in [5, 5.41) is 8.78. The summed E-state index contributed by atoms with van der Waals surface area (Å²) in [6.07, 6.45) is 0.728. The normalized spacial score (nSPS) is 11.0. The molecular weight excluding hydrogens is 248 g/mol. The Labute approximate surface area is 109 Å². The molecule has 0 amide bonds. The second-order valence-electron chi connectivity index (χ2n) is 4.10. The van der Waals surface area contributed by atoms with Crippen LogP contribution in [-0.2, 0) is 6.42 Å². The minimum absolute atomic E-state index is 0.443. The Morgan fingerprint density at radius 1 is 1.17 bits per heavy atom. The fraction of sp³-hybridized carbons (Fsp3) is 0.154. The molecule has 18 heavy (non-hydrogen) atoms. The van der Waals surface area contributed by atoms with Crippen LogP contribution >= 0.6 is 11.6 Å². The molecule has 3 aromatic rings. The molecule has 0 spiro atoms. The second kappa shape index (κ2) is 4.38. The molecule has 0 bridgehead atoms. The van der Waals surface area contributed by atoms with Crippen molar-refractivity contribution in [2.45, 2.75) is 13.3 Å². The van der Waals surface area contributed by atoms with Crippen molar-refractivity contribution in [3.05, 3.63) is 58.8 Å². The number of halogens is 1. The van der Waals surface area contributed by atoms with Crippen molar-refractivity contribution in [3.63, 3.8) is 0 Å². The molecule has 0 saturated heterocycles. The largest absolute Gasteiger partial charge is 0.266 e. The molecule has 0 radical (unpaired) electrons. The summed E-state index contributed by atoms with van der Waals surface area (Å²) in [5.74, 6) is 1.67. The fourth-order valence-corrected chi connectivity index (χ4v) is 2.23. The first kappa shape index (κ1) is 11.2. The minimum Gasteiger partial charge on any atom is -0.266 e. The number of hydrogen-bond donors (Lipinski definition) is 0. The predicted octanol–water partition coefficient (Wildman–Crippen LogP) is 2.68. The lowest BCUT2D eigenvalue weighted by molar-refractivity contribution is 0.885. The monoisotopic (exact) mass is 258 g/mol. The van der Waals surface area contributed by atoms with E-state index in [1.807, 2.05) is 29.5 Å². The van der Waals surface area contributed by atoms with E-state index in [-0.39, 0.29) is 0 Å². The van der Waals surface area contributed by atoms with Crippen LogP contribution in [0.15, 0.2) is 36.4 Å². The van der Waals surface area contributed by atoms with E-state index in [0.717, 1.165) is 23.7 Å². The Kier molecular flexibility index (Phi) is 2.72. The van der Waals surface area contributed by atoms with Crippen LogP contribution in [0.5, 0.6) is 0 Å². The first-order valence-electron chi connectivity index (χ1n) is 5.65. The highest BCUT2D eigenvalue weighted by Gasteiger charge is 2.10. The van der Waals surface area contributed by atoms with Crippen LogP contribution in [0.3, 0.4) is 0 Å². The lowest BCUT2D eigenvalue weighted by atomic mass is 10.1. The lowest BCUT2D eigenvalue weighted by Gasteiger charge is -2.03. The molecular formula is C13H11ClN4. The third-order valence-corrected chi connectivity index (χ3v) is 2.99. The second-order valence-corrected chi connectivity index (χ2v) is 4.49. The van der Waals surface area contributed by atoms with Gasteiger partial charge >= 0.3 is 0 Å². The summed E-state index contributed by atoms with van der Waals surface area (Å²) < 4.78 is 1.93. The van der Waals surface area contributed by atoms with Crippen molar-refractivity contribution >= 4 is 17.2 Å². The van der Waals surface area contributed by atoms with Crippen LogP contribution in [-0.4, -0.2) is 19.6 Å². The van der Waals surface area contributed by atoms with E-state index < -0.39 is 0 Å². The third kappa shape index (κ3) is 1.95. The van der Waals surface area contributed by atoms with Crippen molar-refractivity contribution in [1.82, 2.24) is 19.6 Å². The third-order valence-electron chi connectivity index (χ3n) is 2.80. The number of nitrogens with zero attached hydrogens (tertiary/aromatic N) is 4. The average molecular weight is 259 g/mol. The molecule has 0 fully saturated rings. The van der Waals surface area contributed by atoms with Crippen molar-refractivity contribution in [2.75, 3.05) is 0 Å². The lowest BCUT2D eigenvalue weighted by Crippen LogP contribution is -2.01. The van der Waals surface area contributed by atoms with E-state index >= 15 is 0 Å². The summed E-state index contributed by atoms with van der Waals surface area (Å²) in [7, 11) is 0. The Morgan fingerprint density at radius 2 is 1.94 bits per heavy atom. The smallest absolute Gasteiger partial charge is 0.165 e. The van der Waals surface area contributed by atoms with Gasteiger partial charge in [0, 0.05) is 12.5 Å². The maximum Gasteiger partial charge on any atom is 0.165 e. The van der Waals surface area contributed by atoms with E-state index in [1.165, 1.54) is 5.56 Å². The van der Waals surface area contributed by atoms with Gasteiger partial charge in [0.05, 0.1) is 0 Å². The molecule has 0 unspecified atom stereocenters. The molecule has 0 aliphatic carbocycles. The molecule has 2 heterocycles. The van der Waals surface area contributed by atoms with Gasteiger partial charge in [-0.25, -0.2) is 4.98 Å². The van der Waals surface area contributed by atoms with Gasteiger partial charge in [-0.15, -0.1) is 10.2 Å². The first-order chi connectivity index (χ1) is 8.74. The SMILES string of the molecule is Cc1nc(Cl)cc2nnc(Cc3ccccc3)n12. The quantitative estimate of drug-likeness (QED) is 0.664. The fourth-order valence-electron chi connectivity index (χ4n) is 2.01. The van der Waals surface area contributed by atoms with Crippen molar-refractivity contribution < 1.29 is 0 Å². The standard InChI is InChI=1S/C13H11ClN4/c1-9-15-11(14)8-13-17-16-12(18(9)13)7-10-5-3-2-4-6-10/h2-6,8H,7H2,1H3. The maximum absolute atomic E-state index is 5.90. The van der Waals surface area contributed by atoms with Gasteiger partial charge in [0.15, 0.2) is 5.65 Å². The number of fused-ring (bicyclic) bond motifs is 1. The Bertz CT molecular complexity index is 691. The van der Waals surface area contributed by atoms with Crippen LogP contribution < -0.4 is 0 Å². The van der Waals surface area contributed by atoms with Crippen molar-refractivity contribution in [2.24, 2.45) is 0 Å². The summed E-state index contributed by atoms with van der Waals surface area (Å²) in [4.78, 5) is 4.22. The zero-order valence-electron chi connectivity index (χ0n) is 9.84. The first-order valence-corrected chi connectivity index (χ1v) is 6.03. The van der Waals surface area contributed by atoms with Gasteiger partial charge in [-0.3, -0.25) is 4.40 Å². The summed E-state index contributed by atoms with van der Waals surface area (Å²) in [5.41, 5.74) is 1.93. The Morgan fingerprint density at radius 3 is 2.72 bits per heavy atom. The van der Waals surface area contributed by atoms with Crippen LogP contribution in [0.2, 0.25) is 5.15 Å². The van der Waals surface area contributed by atoms with Crippen LogP contribution in [0.25, 0.3) is 5.65 Å². The van der Waals surface area contributed by atoms with E-state index in [4.69, 9.17) is 11.6 Å². The van der Waals surface area contributed by atoms with Gasteiger partial charge in [-0.05, 0) is 12.5 Å². The number of aromatic nitrogens is 4. The van der Waals surface area contributed by atoms with Crippen LogP contribution in [0.4, 0.5) is 0 Å². The highest BCUT2D eigenvalue weighted by molar-refractivity contribution is 6.29. The van der Waals surface area contributed by atoms with Crippen molar-refractivity contribution in [3.8, 4) is 0 Å². The van der Waals surface area contributed by atoms with E-state index in [1.54, 1.807) is 6.07 Å².